The molecule has 0 N–H and O–H groups in total. The molecule has 0 aliphatic heterocycles. The van der Waals surface area contributed by atoms with Crippen LogP contribution in [0.5, 0.6) is 0 Å². The van der Waals surface area contributed by atoms with Gasteiger partial charge in [-0.25, -0.2) is 0 Å². The van der Waals surface area contributed by atoms with Gasteiger partial charge in [-0.2, -0.15) is 0 Å². The summed E-state index contributed by atoms with van der Waals surface area (Å²) in [6.07, 6.45) is 5.06. The molecule has 0 aromatic rings. The van der Waals surface area contributed by atoms with Crippen LogP contribution >= 0.6 is 0 Å². The van der Waals surface area contributed by atoms with E-state index in [4.69, 9.17) is 6.42 Å². The number of terminal acetylenes is 1. The third-order valence-corrected chi connectivity index (χ3v) is 0.433. The molecule has 1 heteroatoms. The van der Waals surface area contributed by atoms with Crippen molar-refractivity contribution >= 4 is 18.9 Å². The zero-order chi connectivity index (χ0) is 5.21. The molecule has 0 bridgehead atoms. The van der Waals surface area contributed by atoms with E-state index in [1.165, 1.54) is 0 Å². The first-order valence-corrected chi connectivity index (χ1v) is 2.04. The zero-order valence-corrected chi connectivity index (χ0v) is 5.58. The van der Waals surface area contributed by atoms with E-state index >= 15 is 0 Å². The smallest absolute Gasteiger partial charge is 0.0227 e. The molecule has 0 aliphatic carbocycles. The molecule has 0 aromatic heterocycles. The van der Waals surface area contributed by atoms with Crippen LogP contribution in [0.25, 0.3) is 0 Å². The third kappa shape index (κ3) is 10.7. The number of rotatable bonds is 0. The van der Waals surface area contributed by atoms with Gasteiger partial charge in [0.25, 0.3) is 0 Å². The summed E-state index contributed by atoms with van der Waals surface area (Å²) in [5.41, 5.74) is 0.0694. The van der Waals surface area contributed by atoms with E-state index in [0.29, 0.717) is 0 Å². The van der Waals surface area contributed by atoms with E-state index in [0.717, 1.165) is 0 Å². The van der Waals surface area contributed by atoms with Crippen molar-refractivity contribution in [2.45, 2.75) is 20.8 Å². The Hall–Kier alpha value is 0.157. The van der Waals surface area contributed by atoms with E-state index in [1.54, 1.807) is 0 Å². The van der Waals surface area contributed by atoms with Gasteiger partial charge in [-0.15, -0.1) is 12.3 Å². The summed E-state index contributed by atoms with van der Waals surface area (Å²) < 4.78 is 0. The van der Waals surface area contributed by atoms with Gasteiger partial charge in [-0.05, 0) is 20.8 Å². The first kappa shape index (κ1) is 10.2. The maximum Gasteiger partial charge on any atom is 0.0227 e. The molecular weight excluding hydrogens is 79.0 g/mol. The van der Waals surface area contributed by atoms with Gasteiger partial charge in [0.05, 0.1) is 0 Å². The molecule has 0 unspecified atom stereocenters. The molecule has 35 valence electrons. The van der Waals surface area contributed by atoms with Crippen molar-refractivity contribution in [2.75, 3.05) is 0 Å². The van der Waals surface area contributed by atoms with E-state index < -0.39 is 0 Å². The summed E-state index contributed by atoms with van der Waals surface area (Å²) >= 11 is 0. The van der Waals surface area contributed by atoms with Gasteiger partial charge in [0.15, 0.2) is 0 Å². The van der Waals surface area contributed by atoms with Crippen LogP contribution in [0.3, 0.4) is 0 Å². The quantitative estimate of drug-likeness (QED) is 0.310. The maximum absolute atomic E-state index is 5.06. The van der Waals surface area contributed by atoms with Gasteiger partial charge in [0, 0.05) is 24.3 Å². The minimum atomic E-state index is 0. The van der Waals surface area contributed by atoms with Crippen molar-refractivity contribution in [3.8, 4) is 12.3 Å². The predicted molar refractivity (Wildman–Crippen MR) is 34.0 cm³/mol. The Morgan fingerprint density at radius 1 is 1.29 bits per heavy atom. The van der Waals surface area contributed by atoms with Crippen LogP contribution in [0.1, 0.15) is 20.8 Å². The molecule has 0 rings (SSSR count). The number of hydrogen-bond acceptors (Lipinski definition) is 0. The first-order valence-electron chi connectivity index (χ1n) is 2.04. The first-order chi connectivity index (χ1) is 2.56. The molecule has 0 amide bonds. The molecule has 0 aromatic carbocycles. The average molecular weight is 89.1 g/mol. The monoisotopic (exact) mass is 89.1 g/mol. The van der Waals surface area contributed by atoms with E-state index in [1.807, 2.05) is 20.8 Å². The van der Waals surface area contributed by atoms with Crippen molar-refractivity contribution in [1.82, 2.24) is 0 Å². The predicted octanol–water partition coefficient (Wildman–Crippen LogP) is 1.28. The van der Waals surface area contributed by atoms with Crippen molar-refractivity contribution in [2.24, 2.45) is 5.41 Å². The fourth-order valence-electron chi connectivity index (χ4n) is 0. The van der Waals surface area contributed by atoms with Crippen molar-refractivity contribution in [3.63, 3.8) is 0 Å². The van der Waals surface area contributed by atoms with Gasteiger partial charge >= 0.3 is 0 Å². The van der Waals surface area contributed by atoms with Gasteiger partial charge in [0.2, 0.25) is 0 Å². The molecule has 0 nitrogen and oxygen atoms in total. The Bertz CT molecular complexity index is 71.2. The molecule has 0 saturated carbocycles. The van der Waals surface area contributed by atoms with Crippen molar-refractivity contribution < 1.29 is 0 Å². The van der Waals surface area contributed by atoms with Crippen molar-refractivity contribution in [1.29, 1.82) is 0 Å². The Balaban J connectivity index is 0. The van der Waals surface area contributed by atoms with Crippen LogP contribution in [-0.4, -0.2) is 18.9 Å². The topological polar surface area (TPSA) is 0 Å². The standard InChI is InChI=1S/C6H10.Li/c1-5-6(2,3)4;/h1H,2-4H3;. The summed E-state index contributed by atoms with van der Waals surface area (Å²) in [6.45, 7) is 6.02. The summed E-state index contributed by atoms with van der Waals surface area (Å²) in [4.78, 5) is 0. The van der Waals surface area contributed by atoms with E-state index in [2.05, 4.69) is 5.92 Å². The fourth-order valence-corrected chi connectivity index (χ4v) is 0. The van der Waals surface area contributed by atoms with Gasteiger partial charge in [-0.3, -0.25) is 0 Å². The van der Waals surface area contributed by atoms with Crippen LogP contribution in [0.15, 0.2) is 0 Å². The molecule has 0 spiro atoms. The fraction of sp³-hybridized carbons (Fsp3) is 0.667. The van der Waals surface area contributed by atoms with E-state index in [9.17, 15) is 0 Å². The minimum Gasteiger partial charge on any atom is -0.120 e. The van der Waals surface area contributed by atoms with Gasteiger partial charge in [-0.1, -0.05) is 0 Å². The number of hydrogen-bond donors (Lipinski definition) is 0. The summed E-state index contributed by atoms with van der Waals surface area (Å²) in [7, 11) is 0. The second kappa shape index (κ2) is 3.20. The molecule has 7 heavy (non-hydrogen) atoms. The van der Waals surface area contributed by atoms with Gasteiger partial charge in [0.1, 0.15) is 0 Å². The SMILES string of the molecule is C#CC(C)(C)C.[Li]. The van der Waals surface area contributed by atoms with Crippen LogP contribution in [0.4, 0.5) is 0 Å². The second-order valence-corrected chi connectivity index (χ2v) is 2.39. The summed E-state index contributed by atoms with van der Waals surface area (Å²) in [5.74, 6) is 2.60. The Morgan fingerprint density at radius 3 is 1.43 bits per heavy atom. The van der Waals surface area contributed by atoms with Crippen LogP contribution in [0.2, 0.25) is 0 Å². The van der Waals surface area contributed by atoms with E-state index in [-0.39, 0.29) is 24.3 Å². The minimum absolute atomic E-state index is 0. The summed E-state index contributed by atoms with van der Waals surface area (Å²) in [5, 5.41) is 0. The maximum atomic E-state index is 5.06. The van der Waals surface area contributed by atoms with Crippen LogP contribution in [-0.2, 0) is 0 Å². The Labute approximate surface area is 57.9 Å². The molecular formula is C6H10Li. The van der Waals surface area contributed by atoms with Crippen molar-refractivity contribution in [3.05, 3.63) is 0 Å². The largest absolute Gasteiger partial charge is 0.120 e. The molecule has 1 radical (unpaired) electrons. The molecule has 0 aliphatic rings. The van der Waals surface area contributed by atoms with Crippen LogP contribution in [0, 0.1) is 17.8 Å². The normalized spacial score (nSPS) is 8.86. The molecule has 0 heterocycles. The zero-order valence-electron chi connectivity index (χ0n) is 5.58. The van der Waals surface area contributed by atoms with Gasteiger partial charge < -0.3 is 0 Å². The Kier molecular flexibility index (Phi) is 4.66. The second-order valence-electron chi connectivity index (χ2n) is 2.39. The third-order valence-electron chi connectivity index (χ3n) is 0.433. The Morgan fingerprint density at radius 2 is 1.43 bits per heavy atom. The summed E-state index contributed by atoms with van der Waals surface area (Å²) in [6, 6.07) is 0. The molecule has 0 atom stereocenters. The van der Waals surface area contributed by atoms with Crippen LogP contribution < -0.4 is 0 Å². The molecule has 0 fully saturated rings. The molecule has 0 saturated heterocycles. The average Bonchev–Trinajstić information content (AvgIpc) is 1.35.